The summed E-state index contributed by atoms with van der Waals surface area (Å²) in [6.07, 6.45) is 3.72. The Hall–Kier alpha value is -0.800. The lowest BCUT2D eigenvalue weighted by Gasteiger charge is -2.41. The Morgan fingerprint density at radius 1 is 1.47 bits per heavy atom. The monoisotopic (exact) mass is 237 g/mol. The van der Waals surface area contributed by atoms with Crippen LogP contribution in [0.4, 0.5) is 0 Å². The molecule has 0 aromatic carbocycles. The Balaban J connectivity index is 2.17. The smallest absolute Gasteiger partial charge is 0.133 e. The van der Waals surface area contributed by atoms with E-state index in [1.807, 2.05) is 19.1 Å². The fourth-order valence-corrected chi connectivity index (χ4v) is 2.83. The molecule has 2 rings (SSSR count). The van der Waals surface area contributed by atoms with Crippen LogP contribution in [0.5, 0.6) is 0 Å². The number of furan rings is 1. The zero-order valence-corrected chi connectivity index (χ0v) is 10.8. The summed E-state index contributed by atoms with van der Waals surface area (Å²) >= 11 is 0. The molecule has 1 aliphatic rings. The molecule has 1 aliphatic carbocycles. The topological polar surface area (TPSA) is 59.4 Å². The van der Waals surface area contributed by atoms with Gasteiger partial charge in [-0.3, -0.25) is 0 Å². The fourth-order valence-electron chi connectivity index (χ4n) is 2.83. The summed E-state index contributed by atoms with van der Waals surface area (Å²) in [5.41, 5.74) is 5.74. The van der Waals surface area contributed by atoms with E-state index in [9.17, 15) is 5.11 Å². The molecule has 0 spiro atoms. The predicted octanol–water partition coefficient (Wildman–Crippen LogP) is 2.78. The first-order chi connectivity index (χ1) is 8.07. The van der Waals surface area contributed by atoms with E-state index in [1.54, 1.807) is 0 Å². The third-order valence-corrected chi connectivity index (χ3v) is 4.29. The minimum absolute atomic E-state index is 0.184. The summed E-state index contributed by atoms with van der Waals surface area (Å²) in [6.45, 7) is 4.69. The highest BCUT2D eigenvalue weighted by atomic mass is 16.4. The lowest BCUT2D eigenvalue weighted by molar-refractivity contribution is -0.0214. The summed E-state index contributed by atoms with van der Waals surface area (Å²) in [5.74, 6) is 2.26. The molecule has 96 valence electrons. The van der Waals surface area contributed by atoms with Crippen LogP contribution < -0.4 is 5.73 Å². The van der Waals surface area contributed by atoms with Crippen molar-refractivity contribution >= 4 is 0 Å². The molecule has 3 N–H and O–H groups in total. The van der Waals surface area contributed by atoms with Gasteiger partial charge in [0.1, 0.15) is 17.6 Å². The van der Waals surface area contributed by atoms with Crippen LogP contribution in [0.3, 0.4) is 0 Å². The maximum absolute atomic E-state index is 10.5. The average Bonchev–Trinajstić information content (AvgIpc) is 2.76. The molecule has 0 amide bonds. The Morgan fingerprint density at radius 2 is 2.12 bits per heavy atom. The van der Waals surface area contributed by atoms with Crippen LogP contribution in [0.2, 0.25) is 0 Å². The first-order valence-electron chi connectivity index (χ1n) is 6.52. The number of aryl methyl sites for hydroxylation is 1. The van der Waals surface area contributed by atoms with Crippen LogP contribution in [-0.4, -0.2) is 11.7 Å². The van der Waals surface area contributed by atoms with Crippen molar-refractivity contribution in [3.8, 4) is 0 Å². The molecule has 17 heavy (non-hydrogen) atoms. The maximum atomic E-state index is 10.5. The van der Waals surface area contributed by atoms with Crippen molar-refractivity contribution in [2.45, 2.75) is 45.6 Å². The number of aliphatic hydroxyl groups excluding tert-OH is 1. The van der Waals surface area contributed by atoms with E-state index in [0.29, 0.717) is 12.3 Å². The van der Waals surface area contributed by atoms with Gasteiger partial charge < -0.3 is 15.3 Å². The lowest BCUT2D eigenvalue weighted by atomic mass is 9.67. The molecule has 1 unspecified atom stereocenters. The first kappa shape index (κ1) is 12.7. The summed E-state index contributed by atoms with van der Waals surface area (Å²) < 4.78 is 5.55. The number of aliphatic hydroxyl groups is 1. The van der Waals surface area contributed by atoms with Crippen LogP contribution >= 0.6 is 0 Å². The number of hydrogen-bond donors (Lipinski definition) is 2. The van der Waals surface area contributed by atoms with Gasteiger partial charge in [-0.15, -0.1) is 0 Å². The summed E-state index contributed by atoms with van der Waals surface area (Å²) in [7, 11) is 0. The molecule has 1 heterocycles. The van der Waals surface area contributed by atoms with Gasteiger partial charge in [0.2, 0.25) is 0 Å². The van der Waals surface area contributed by atoms with Crippen LogP contribution in [0.15, 0.2) is 16.5 Å². The van der Waals surface area contributed by atoms with Crippen molar-refractivity contribution in [3.63, 3.8) is 0 Å². The van der Waals surface area contributed by atoms with E-state index in [0.717, 1.165) is 37.4 Å². The van der Waals surface area contributed by atoms with Crippen LogP contribution in [-0.2, 0) is 0 Å². The lowest BCUT2D eigenvalue weighted by Crippen LogP contribution is -2.39. The van der Waals surface area contributed by atoms with Gasteiger partial charge in [0, 0.05) is 12.0 Å². The maximum Gasteiger partial charge on any atom is 0.133 e. The highest BCUT2D eigenvalue weighted by Crippen LogP contribution is 2.46. The largest absolute Gasteiger partial charge is 0.464 e. The third-order valence-electron chi connectivity index (χ3n) is 4.29. The van der Waals surface area contributed by atoms with Crippen LogP contribution in [0, 0.1) is 18.3 Å². The highest BCUT2D eigenvalue weighted by molar-refractivity contribution is 5.12. The summed E-state index contributed by atoms with van der Waals surface area (Å²) in [4.78, 5) is 0. The van der Waals surface area contributed by atoms with E-state index >= 15 is 0 Å². The third kappa shape index (κ3) is 2.40. The van der Waals surface area contributed by atoms with Crippen molar-refractivity contribution in [1.82, 2.24) is 0 Å². The van der Waals surface area contributed by atoms with E-state index in [1.165, 1.54) is 0 Å². The van der Waals surface area contributed by atoms with Gasteiger partial charge in [-0.1, -0.05) is 19.8 Å². The molecule has 1 saturated carbocycles. The van der Waals surface area contributed by atoms with E-state index in [2.05, 4.69) is 6.92 Å². The molecule has 1 fully saturated rings. The Labute approximate surface area is 103 Å². The van der Waals surface area contributed by atoms with E-state index < -0.39 is 6.10 Å². The zero-order chi connectivity index (χ0) is 12.5. The fraction of sp³-hybridized carbons (Fsp3) is 0.714. The van der Waals surface area contributed by atoms with Crippen molar-refractivity contribution in [2.75, 3.05) is 6.54 Å². The van der Waals surface area contributed by atoms with Crippen molar-refractivity contribution in [2.24, 2.45) is 17.1 Å². The van der Waals surface area contributed by atoms with Gasteiger partial charge in [0.25, 0.3) is 0 Å². The van der Waals surface area contributed by atoms with Gasteiger partial charge in [-0.25, -0.2) is 0 Å². The van der Waals surface area contributed by atoms with Gasteiger partial charge in [0.05, 0.1) is 0 Å². The normalized spacial score (nSPS) is 31.4. The van der Waals surface area contributed by atoms with Gasteiger partial charge in [0.15, 0.2) is 0 Å². The van der Waals surface area contributed by atoms with Crippen molar-refractivity contribution in [1.29, 1.82) is 0 Å². The molecule has 0 bridgehead atoms. The van der Waals surface area contributed by atoms with Crippen LogP contribution in [0.1, 0.15) is 50.2 Å². The van der Waals surface area contributed by atoms with Crippen LogP contribution in [0.25, 0.3) is 0 Å². The number of nitrogens with two attached hydrogens (primary N) is 1. The molecule has 3 nitrogen and oxygen atoms in total. The van der Waals surface area contributed by atoms with Gasteiger partial charge in [-0.2, -0.15) is 0 Å². The number of hydrogen-bond acceptors (Lipinski definition) is 3. The molecular formula is C14H23NO2. The van der Waals surface area contributed by atoms with E-state index in [4.69, 9.17) is 10.2 Å². The first-order valence-corrected chi connectivity index (χ1v) is 6.52. The Morgan fingerprint density at radius 3 is 2.59 bits per heavy atom. The minimum Gasteiger partial charge on any atom is -0.464 e. The van der Waals surface area contributed by atoms with Crippen molar-refractivity contribution in [3.05, 3.63) is 23.7 Å². The molecule has 0 radical (unpaired) electrons. The van der Waals surface area contributed by atoms with Gasteiger partial charge in [-0.05, 0) is 37.8 Å². The standard InChI is InChI=1S/C14H23NO2/c1-10-5-7-14(9-15,8-6-10)13(16)12-4-3-11(2)17-12/h3-4,10,13,16H,5-9,15H2,1-2H3. The second-order valence-corrected chi connectivity index (χ2v) is 5.60. The minimum atomic E-state index is -0.561. The average molecular weight is 237 g/mol. The molecule has 1 aromatic heterocycles. The predicted molar refractivity (Wildman–Crippen MR) is 67.5 cm³/mol. The second-order valence-electron chi connectivity index (χ2n) is 5.60. The molecule has 1 atom stereocenters. The van der Waals surface area contributed by atoms with E-state index in [-0.39, 0.29) is 5.41 Å². The highest BCUT2D eigenvalue weighted by Gasteiger charge is 2.41. The SMILES string of the molecule is Cc1ccc(C(O)C2(CN)CCC(C)CC2)o1. The molecule has 3 heteroatoms. The summed E-state index contributed by atoms with van der Waals surface area (Å²) in [5, 5.41) is 10.5. The zero-order valence-electron chi connectivity index (χ0n) is 10.8. The second kappa shape index (κ2) is 4.83. The van der Waals surface area contributed by atoms with Gasteiger partial charge >= 0.3 is 0 Å². The van der Waals surface area contributed by atoms with Crippen molar-refractivity contribution < 1.29 is 9.52 Å². The molecule has 0 saturated heterocycles. The molecule has 0 aliphatic heterocycles. The summed E-state index contributed by atoms with van der Waals surface area (Å²) in [6, 6.07) is 3.77. The number of rotatable bonds is 3. The Bertz CT molecular complexity index is 364. The Kier molecular flexibility index (Phi) is 3.59. The molecule has 1 aromatic rings. The molecular weight excluding hydrogens is 214 g/mol. The quantitative estimate of drug-likeness (QED) is 0.849.